The second-order valence-electron chi connectivity index (χ2n) is 5.68. The van der Waals surface area contributed by atoms with Crippen LogP contribution in [-0.2, 0) is 5.60 Å². The topological polar surface area (TPSA) is 49.3 Å². The Hall–Kier alpha value is -1.99. The third-order valence-electron chi connectivity index (χ3n) is 4.08. The second kappa shape index (κ2) is 6.72. The molecule has 6 heteroatoms. The largest absolute Gasteiger partial charge is 0.378 e. The van der Waals surface area contributed by atoms with Crippen LogP contribution >= 0.6 is 34.0 Å². The van der Waals surface area contributed by atoms with Gasteiger partial charge in [0.05, 0.1) is 11.4 Å². The Morgan fingerprint density at radius 3 is 2.72 bits per heavy atom. The van der Waals surface area contributed by atoms with Crippen LogP contribution in [0.1, 0.15) is 20.1 Å². The van der Waals surface area contributed by atoms with Gasteiger partial charge in [-0.2, -0.15) is 11.3 Å². The fourth-order valence-electron chi connectivity index (χ4n) is 2.73. The Labute approximate surface area is 157 Å². The summed E-state index contributed by atoms with van der Waals surface area (Å²) in [5.74, 6) is -0.161. The summed E-state index contributed by atoms with van der Waals surface area (Å²) in [4.78, 5) is 14.1. The van der Waals surface area contributed by atoms with Crippen molar-refractivity contribution in [2.45, 2.75) is 5.60 Å². The highest BCUT2D eigenvalue weighted by molar-refractivity contribution is 7.20. The molecule has 1 unspecified atom stereocenters. The number of thiophene rings is 3. The molecule has 4 rings (SSSR count). The molecule has 2 N–H and O–H groups in total. The molecule has 0 aliphatic rings. The average molecular weight is 386 g/mol. The van der Waals surface area contributed by atoms with Crippen molar-refractivity contribution in [2.24, 2.45) is 0 Å². The van der Waals surface area contributed by atoms with Gasteiger partial charge < -0.3 is 10.4 Å². The SMILES string of the molecule is O=C(NCC(O)(c1ccsc1)c1cccs1)c1cc2ccccc2s1. The third kappa shape index (κ3) is 3.14. The van der Waals surface area contributed by atoms with E-state index in [0.717, 1.165) is 20.5 Å². The smallest absolute Gasteiger partial charge is 0.261 e. The number of nitrogens with one attached hydrogen (secondary N) is 1. The number of carbonyl (C=O) groups excluding carboxylic acids is 1. The van der Waals surface area contributed by atoms with Crippen molar-refractivity contribution in [1.82, 2.24) is 5.32 Å². The van der Waals surface area contributed by atoms with Gasteiger partial charge in [-0.05, 0) is 45.8 Å². The Bertz CT molecular complexity index is 920. The second-order valence-corrected chi connectivity index (χ2v) is 8.49. The molecule has 0 bridgehead atoms. The van der Waals surface area contributed by atoms with E-state index in [-0.39, 0.29) is 12.5 Å². The van der Waals surface area contributed by atoms with Crippen LogP contribution in [0, 0.1) is 0 Å². The van der Waals surface area contributed by atoms with Crippen molar-refractivity contribution in [3.63, 3.8) is 0 Å². The molecule has 0 saturated carbocycles. The zero-order chi connectivity index (χ0) is 17.3. The van der Waals surface area contributed by atoms with E-state index in [1.54, 1.807) is 0 Å². The predicted octanol–water partition coefficient (Wildman–Crippen LogP) is 4.69. The van der Waals surface area contributed by atoms with E-state index in [9.17, 15) is 9.90 Å². The molecule has 1 amide bonds. The zero-order valence-electron chi connectivity index (χ0n) is 13.1. The van der Waals surface area contributed by atoms with Gasteiger partial charge in [0.1, 0.15) is 5.60 Å². The first-order valence-corrected chi connectivity index (χ1v) is 10.4. The van der Waals surface area contributed by atoms with Gasteiger partial charge in [0.15, 0.2) is 0 Å². The summed E-state index contributed by atoms with van der Waals surface area (Å²) in [6.45, 7) is 0.136. The van der Waals surface area contributed by atoms with Gasteiger partial charge in [-0.3, -0.25) is 4.79 Å². The normalized spacial score (nSPS) is 13.6. The van der Waals surface area contributed by atoms with Gasteiger partial charge >= 0.3 is 0 Å². The molecule has 126 valence electrons. The molecule has 0 fully saturated rings. The maximum atomic E-state index is 12.6. The Morgan fingerprint density at radius 1 is 1.12 bits per heavy atom. The van der Waals surface area contributed by atoms with Gasteiger partial charge in [-0.15, -0.1) is 22.7 Å². The number of hydrogen-bond acceptors (Lipinski definition) is 5. The first kappa shape index (κ1) is 16.5. The molecule has 3 aromatic heterocycles. The van der Waals surface area contributed by atoms with Crippen molar-refractivity contribution < 1.29 is 9.90 Å². The standard InChI is InChI=1S/C19H15NO2S3/c21-18(16-10-13-4-1-2-5-15(13)25-16)20-12-19(22,14-7-9-23-11-14)17-6-3-8-24-17/h1-11,22H,12H2,(H,20,21). The van der Waals surface area contributed by atoms with Crippen LogP contribution in [0.15, 0.2) is 64.7 Å². The zero-order valence-corrected chi connectivity index (χ0v) is 15.6. The summed E-state index contributed by atoms with van der Waals surface area (Å²) in [6.07, 6.45) is 0. The number of benzene rings is 1. The van der Waals surface area contributed by atoms with Crippen LogP contribution in [0.4, 0.5) is 0 Å². The van der Waals surface area contributed by atoms with E-state index in [4.69, 9.17) is 0 Å². The summed E-state index contributed by atoms with van der Waals surface area (Å²) in [5.41, 5.74) is -0.405. The summed E-state index contributed by atoms with van der Waals surface area (Å²) in [5, 5.41) is 21.0. The summed E-state index contributed by atoms with van der Waals surface area (Å²) >= 11 is 4.48. The Kier molecular flexibility index (Phi) is 4.43. The van der Waals surface area contributed by atoms with E-state index in [1.807, 2.05) is 64.7 Å². The molecule has 25 heavy (non-hydrogen) atoms. The monoisotopic (exact) mass is 385 g/mol. The van der Waals surface area contributed by atoms with Gasteiger partial charge in [-0.25, -0.2) is 0 Å². The highest BCUT2D eigenvalue weighted by atomic mass is 32.1. The van der Waals surface area contributed by atoms with Crippen LogP contribution in [0.2, 0.25) is 0 Å². The first-order chi connectivity index (χ1) is 12.2. The molecule has 1 atom stereocenters. The maximum absolute atomic E-state index is 12.6. The lowest BCUT2D eigenvalue weighted by Crippen LogP contribution is -2.40. The van der Waals surface area contributed by atoms with Crippen molar-refractivity contribution in [1.29, 1.82) is 0 Å². The number of aliphatic hydroxyl groups is 1. The molecular weight excluding hydrogens is 370 g/mol. The predicted molar refractivity (Wildman–Crippen MR) is 106 cm³/mol. The highest BCUT2D eigenvalue weighted by Crippen LogP contribution is 2.34. The number of fused-ring (bicyclic) bond motifs is 1. The fourth-order valence-corrected chi connectivity index (χ4v) is 5.28. The summed E-state index contributed by atoms with van der Waals surface area (Å²) in [7, 11) is 0. The van der Waals surface area contributed by atoms with Crippen molar-refractivity contribution in [2.75, 3.05) is 6.54 Å². The van der Waals surface area contributed by atoms with Crippen molar-refractivity contribution in [3.8, 4) is 0 Å². The highest BCUT2D eigenvalue weighted by Gasteiger charge is 2.33. The summed E-state index contributed by atoms with van der Waals surface area (Å²) < 4.78 is 1.08. The third-order valence-corrected chi connectivity index (χ3v) is 6.90. The molecule has 3 nitrogen and oxygen atoms in total. The molecule has 1 aromatic carbocycles. The molecule has 0 saturated heterocycles. The molecule has 3 heterocycles. The van der Waals surface area contributed by atoms with Crippen molar-refractivity contribution >= 4 is 50.0 Å². The molecule has 0 aliphatic heterocycles. The lowest BCUT2D eigenvalue weighted by atomic mass is 9.94. The lowest BCUT2D eigenvalue weighted by molar-refractivity contribution is 0.0723. The van der Waals surface area contributed by atoms with E-state index >= 15 is 0 Å². The van der Waals surface area contributed by atoms with Crippen LogP contribution in [0.3, 0.4) is 0 Å². The quantitative estimate of drug-likeness (QED) is 0.524. The Morgan fingerprint density at radius 2 is 2.00 bits per heavy atom. The minimum atomic E-state index is -1.21. The molecule has 4 aromatic rings. The minimum absolute atomic E-state index is 0.136. The lowest BCUT2D eigenvalue weighted by Gasteiger charge is -2.26. The van der Waals surface area contributed by atoms with E-state index in [2.05, 4.69) is 5.32 Å². The summed E-state index contributed by atoms with van der Waals surface area (Å²) in [6, 6.07) is 15.5. The van der Waals surface area contributed by atoms with Crippen LogP contribution < -0.4 is 5.32 Å². The molecule has 0 aliphatic carbocycles. The molecule has 0 radical (unpaired) electrons. The van der Waals surface area contributed by atoms with Gasteiger partial charge in [0.2, 0.25) is 0 Å². The van der Waals surface area contributed by atoms with E-state index < -0.39 is 5.60 Å². The number of amides is 1. The number of carbonyl (C=O) groups is 1. The van der Waals surface area contributed by atoms with Crippen molar-refractivity contribution in [3.05, 3.63) is 80.0 Å². The van der Waals surface area contributed by atoms with E-state index in [1.165, 1.54) is 34.0 Å². The van der Waals surface area contributed by atoms with Gasteiger partial charge in [0, 0.05) is 15.1 Å². The Balaban J connectivity index is 1.58. The van der Waals surface area contributed by atoms with Crippen LogP contribution in [0.25, 0.3) is 10.1 Å². The maximum Gasteiger partial charge on any atom is 0.261 e. The average Bonchev–Trinajstić information content (AvgIpc) is 3.40. The minimum Gasteiger partial charge on any atom is -0.378 e. The number of rotatable bonds is 5. The van der Waals surface area contributed by atoms with Crippen LogP contribution in [-0.4, -0.2) is 17.6 Å². The van der Waals surface area contributed by atoms with Gasteiger partial charge in [0.25, 0.3) is 5.91 Å². The number of hydrogen-bond donors (Lipinski definition) is 2. The molecule has 0 spiro atoms. The fraction of sp³-hybridized carbons (Fsp3) is 0.105. The van der Waals surface area contributed by atoms with E-state index in [0.29, 0.717) is 4.88 Å². The van der Waals surface area contributed by atoms with Gasteiger partial charge in [-0.1, -0.05) is 24.3 Å². The van der Waals surface area contributed by atoms with Crippen LogP contribution in [0.5, 0.6) is 0 Å². The molecular formula is C19H15NO2S3. The first-order valence-electron chi connectivity index (χ1n) is 7.73.